The molecule has 3 rings (SSSR count). The summed E-state index contributed by atoms with van der Waals surface area (Å²) < 4.78 is 49.9. The minimum Gasteiger partial charge on any atom is -0.462 e. The molecule has 35 heavy (non-hydrogen) atoms. The summed E-state index contributed by atoms with van der Waals surface area (Å²) in [4.78, 5) is 22.2. The fraction of sp³-hybridized carbons (Fsp3) is 0.556. The number of esters is 2. The van der Waals surface area contributed by atoms with E-state index in [2.05, 4.69) is 13.2 Å². The van der Waals surface area contributed by atoms with Gasteiger partial charge >= 0.3 is 18.0 Å². The van der Waals surface area contributed by atoms with E-state index in [-0.39, 0.29) is 18.5 Å². The molecular weight excluding hydrogens is 458 g/mol. The van der Waals surface area contributed by atoms with Crippen molar-refractivity contribution in [2.45, 2.75) is 57.5 Å². The Balaban J connectivity index is 1.40. The van der Waals surface area contributed by atoms with Gasteiger partial charge in [-0.3, -0.25) is 0 Å². The molecule has 0 radical (unpaired) electrons. The highest BCUT2D eigenvalue weighted by Gasteiger charge is 2.45. The molecule has 0 saturated heterocycles. The third-order valence-corrected chi connectivity index (χ3v) is 7.10. The molecule has 0 spiro atoms. The van der Waals surface area contributed by atoms with E-state index in [9.17, 15) is 18.4 Å². The molecule has 2 fully saturated rings. The molecular formula is C27H34F2O6. The van der Waals surface area contributed by atoms with Crippen molar-refractivity contribution in [1.82, 2.24) is 0 Å². The van der Waals surface area contributed by atoms with E-state index < -0.39 is 18.0 Å². The smallest absolute Gasteiger partial charge is 0.400 e. The van der Waals surface area contributed by atoms with Gasteiger partial charge < -0.3 is 18.9 Å². The van der Waals surface area contributed by atoms with Crippen LogP contribution < -0.4 is 9.47 Å². The molecule has 2 aliphatic carbocycles. The van der Waals surface area contributed by atoms with Crippen molar-refractivity contribution in [2.75, 3.05) is 13.4 Å². The normalized spacial score (nSPS) is 24.6. The standard InChI is InChI=1S/C27H34F2O6/c1-3-25(30)32-17-19-5-7-20(8-6-19)21-9-11-22(12-10-21)27(28,29)35-24-15-13-23(14-16-24)33-18-34-26(31)4-2/h3-4,13-16,19-22H,1-2,5-12,17-18H2. The third-order valence-electron chi connectivity index (χ3n) is 7.10. The molecule has 0 unspecified atom stereocenters. The number of carbonyl (C=O) groups excluding carboxylic acids is 2. The number of rotatable bonds is 11. The molecule has 0 amide bonds. The number of ether oxygens (including phenoxy) is 4. The Morgan fingerprint density at radius 2 is 1.34 bits per heavy atom. The summed E-state index contributed by atoms with van der Waals surface area (Å²) in [5.41, 5.74) is 0. The van der Waals surface area contributed by atoms with E-state index in [1.54, 1.807) is 0 Å². The van der Waals surface area contributed by atoms with Gasteiger partial charge in [0.15, 0.2) is 0 Å². The highest BCUT2D eigenvalue weighted by atomic mass is 19.3. The van der Waals surface area contributed by atoms with Gasteiger partial charge in [0.25, 0.3) is 0 Å². The lowest BCUT2D eigenvalue weighted by atomic mass is 9.69. The van der Waals surface area contributed by atoms with Gasteiger partial charge in [-0.1, -0.05) is 13.2 Å². The zero-order valence-electron chi connectivity index (χ0n) is 20.0. The van der Waals surface area contributed by atoms with E-state index in [1.165, 1.54) is 30.3 Å². The van der Waals surface area contributed by atoms with Crippen molar-refractivity contribution in [3.63, 3.8) is 0 Å². The van der Waals surface area contributed by atoms with Crippen LogP contribution in [-0.4, -0.2) is 31.4 Å². The Morgan fingerprint density at radius 3 is 1.91 bits per heavy atom. The summed E-state index contributed by atoms with van der Waals surface area (Å²) in [5, 5.41) is 0. The first-order chi connectivity index (χ1) is 16.8. The van der Waals surface area contributed by atoms with Crippen molar-refractivity contribution in [3.8, 4) is 11.5 Å². The van der Waals surface area contributed by atoms with Crippen LogP contribution in [0.4, 0.5) is 8.78 Å². The SMILES string of the molecule is C=CC(=O)OCOc1ccc(OC(F)(F)C2CCC(C3CCC(COC(=O)C=C)CC3)CC2)cc1. The molecule has 0 N–H and O–H groups in total. The topological polar surface area (TPSA) is 71.1 Å². The predicted molar refractivity (Wildman–Crippen MR) is 126 cm³/mol. The molecule has 2 saturated carbocycles. The fourth-order valence-corrected chi connectivity index (χ4v) is 5.07. The maximum atomic E-state index is 14.9. The first-order valence-corrected chi connectivity index (χ1v) is 12.2. The van der Waals surface area contributed by atoms with E-state index in [4.69, 9.17) is 18.9 Å². The second-order valence-corrected chi connectivity index (χ2v) is 9.29. The molecule has 6 nitrogen and oxygen atoms in total. The summed E-state index contributed by atoms with van der Waals surface area (Å²) in [6, 6.07) is 5.79. The molecule has 2 aliphatic rings. The Labute approximate surface area is 205 Å². The maximum absolute atomic E-state index is 14.9. The summed E-state index contributed by atoms with van der Waals surface area (Å²) in [6.07, 6.45) is 5.50. The second kappa shape index (κ2) is 12.7. The summed E-state index contributed by atoms with van der Waals surface area (Å²) >= 11 is 0. The van der Waals surface area contributed by atoms with Crippen LogP contribution in [0.15, 0.2) is 49.6 Å². The van der Waals surface area contributed by atoms with E-state index in [0.717, 1.165) is 44.6 Å². The molecule has 0 atom stereocenters. The zero-order valence-corrected chi connectivity index (χ0v) is 20.0. The van der Waals surface area contributed by atoms with Gasteiger partial charge in [-0.25, -0.2) is 9.59 Å². The highest BCUT2D eigenvalue weighted by molar-refractivity contribution is 5.81. The minimum absolute atomic E-state index is 0.0584. The lowest BCUT2D eigenvalue weighted by molar-refractivity contribution is -0.224. The van der Waals surface area contributed by atoms with Gasteiger partial charge in [0.2, 0.25) is 6.79 Å². The summed E-state index contributed by atoms with van der Waals surface area (Å²) in [6.45, 7) is 6.82. The number of carbonyl (C=O) groups is 2. The Hall–Kier alpha value is -2.90. The van der Waals surface area contributed by atoms with Gasteiger partial charge in [-0.15, -0.1) is 0 Å². The summed E-state index contributed by atoms with van der Waals surface area (Å²) in [7, 11) is 0. The monoisotopic (exact) mass is 492 g/mol. The average Bonchev–Trinajstić information content (AvgIpc) is 2.88. The van der Waals surface area contributed by atoms with Gasteiger partial charge in [0.05, 0.1) is 12.5 Å². The van der Waals surface area contributed by atoms with E-state index in [0.29, 0.717) is 43.0 Å². The van der Waals surface area contributed by atoms with Crippen LogP contribution >= 0.6 is 0 Å². The number of benzene rings is 1. The molecule has 1 aromatic carbocycles. The number of alkyl halides is 2. The average molecular weight is 493 g/mol. The van der Waals surface area contributed by atoms with Crippen LogP contribution in [0, 0.1) is 23.7 Å². The Kier molecular flexibility index (Phi) is 9.69. The minimum atomic E-state index is -3.25. The van der Waals surface area contributed by atoms with Crippen LogP contribution in [0.25, 0.3) is 0 Å². The number of halogens is 2. The third kappa shape index (κ3) is 8.08. The van der Waals surface area contributed by atoms with Crippen LogP contribution in [0.3, 0.4) is 0 Å². The van der Waals surface area contributed by atoms with Crippen LogP contribution in [0.2, 0.25) is 0 Å². The molecule has 0 aliphatic heterocycles. The molecule has 1 aromatic rings. The van der Waals surface area contributed by atoms with Gasteiger partial charge in [0.1, 0.15) is 11.5 Å². The summed E-state index contributed by atoms with van der Waals surface area (Å²) in [5.74, 6) is 0.00364. The molecule has 8 heteroatoms. The van der Waals surface area contributed by atoms with Crippen molar-refractivity contribution in [1.29, 1.82) is 0 Å². The van der Waals surface area contributed by atoms with E-state index >= 15 is 0 Å². The molecule has 0 bridgehead atoms. The van der Waals surface area contributed by atoms with Crippen LogP contribution in [0.5, 0.6) is 11.5 Å². The quantitative estimate of drug-likeness (QED) is 0.212. The lowest BCUT2D eigenvalue weighted by Gasteiger charge is -2.39. The number of hydrogen-bond acceptors (Lipinski definition) is 6. The first kappa shape index (κ1) is 26.7. The van der Waals surface area contributed by atoms with Crippen molar-refractivity contribution >= 4 is 11.9 Å². The van der Waals surface area contributed by atoms with Crippen molar-refractivity contribution in [3.05, 3.63) is 49.6 Å². The van der Waals surface area contributed by atoms with Gasteiger partial charge in [0, 0.05) is 12.2 Å². The fourth-order valence-electron chi connectivity index (χ4n) is 5.07. The van der Waals surface area contributed by atoms with Crippen LogP contribution in [0.1, 0.15) is 51.4 Å². The first-order valence-electron chi connectivity index (χ1n) is 12.2. The maximum Gasteiger partial charge on any atom is 0.400 e. The highest BCUT2D eigenvalue weighted by Crippen LogP contribution is 2.45. The van der Waals surface area contributed by atoms with Gasteiger partial charge in [-0.2, -0.15) is 8.78 Å². The Bertz CT molecular complexity index is 853. The van der Waals surface area contributed by atoms with Crippen molar-refractivity contribution < 1.29 is 37.3 Å². The second-order valence-electron chi connectivity index (χ2n) is 9.29. The van der Waals surface area contributed by atoms with Gasteiger partial charge in [-0.05, 0) is 93.4 Å². The Morgan fingerprint density at radius 1 is 0.829 bits per heavy atom. The lowest BCUT2D eigenvalue weighted by Crippen LogP contribution is -2.38. The number of hydrogen-bond donors (Lipinski definition) is 0. The van der Waals surface area contributed by atoms with Crippen LogP contribution in [-0.2, 0) is 19.1 Å². The zero-order chi connectivity index (χ0) is 25.3. The van der Waals surface area contributed by atoms with Crippen molar-refractivity contribution in [2.24, 2.45) is 23.7 Å². The molecule has 192 valence electrons. The molecule has 0 heterocycles. The molecule has 0 aromatic heterocycles. The predicted octanol–water partition coefficient (Wildman–Crippen LogP) is 6.07. The van der Waals surface area contributed by atoms with E-state index in [1.807, 2.05) is 0 Å². The largest absolute Gasteiger partial charge is 0.462 e.